The molecule has 1 aromatic heterocycles. The molecule has 0 fully saturated rings. The SMILES string of the molecule is CCC(C)c1[nH]c(=O)n(C)c(=O)c1Br. The average molecular weight is 261 g/mol. The van der Waals surface area contributed by atoms with Crippen molar-refractivity contribution >= 4 is 15.9 Å². The van der Waals surface area contributed by atoms with Crippen molar-refractivity contribution < 1.29 is 0 Å². The van der Waals surface area contributed by atoms with Crippen molar-refractivity contribution in [3.05, 3.63) is 31.0 Å². The normalized spacial score (nSPS) is 12.9. The Balaban J connectivity index is 3.49. The zero-order valence-corrected chi connectivity index (χ0v) is 10.0. The third-order valence-corrected chi connectivity index (χ3v) is 3.15. The van der Waals surface area contributed by atoms with E-state index in [1.165, 1.54) is 7.05 Å². The number of aromatic nitrogens is 2. The van der Waals surface area contributed by atoms with E-state index in [0.717, 1.165) is 11.0 Å². The van der Waals surface area contributed by atoms with E-state index in [4.69, 9.17) is 0 Å². The predicted molar refractivity (Wildman–Crippen MR) is 58.7 cm³/mol. The fraction of sp³-hybridized carbons (Fsp3) is 0.556. The highest BCUT2D eigenvalue weighted by Gasteiger charge is 2.13. The molecule has 0 saturated heterocycles. The van der Waals surface area contributed by atoms with Crippen LogP contribution in [0, 0.1) is 0 Å². The number of aromatic amines is 1. The van der Waals surface area contributed by atoms with Gasteiger partial charge in [-0.2, -0.15) is 0 Å². The molecule has 0 saturated carbocycles. The van der Waals surface area contributed by atoms with Gasteiger partial charge in [0.05, 0.1) is 0 Å². The van der Waals surface area contributed by atoms with Gasteiger partial charge in [-0.25, -0.2) is 4.79 Å². The third kappa shape index (κ3) is 1.82. The van der Waals surface area contributed by atoms with Crippen molar-refractivity contribution in [2.24, 2.45) is 7.05 Å². The first-order chi connectivity index (χ1) is 6.49. The molecule has 78 valence electrons. The predicted octanol–water partition coefficient (Wildman–Crippen LogP) is 1.35. The minimum atomic E-state index is -0.367. The van der Waals surface area contributed by atoms with E-state index in [1.54, 1.807) is 0 Å². The van der Waals surface area contributed by atoms with Gasteiger partial charge in [0, 0.05) is 12.7 Å². The summed E-state index contributed by atoms with van der Waals surface area (Å²) < 4.78 is 1.50. The quantitative estimate of drug-likeness (QED) is 0.873. The van der Waals surface area contributed by atoms with E-state index in [0.29, 0.717) is 10.2 Å². The molecule has 5 heteroatoms. The third-order valence-electron chi connectivity index (χ3n) is 2.38. The molecular weight excluding hydrogens is 248 g/mol. The molecule has 14 heavy (non-hydrogen) atoms. The smallest absolute Gasteiger partial charge is 0.310 e. The molecule has 0 aliphatic heterocycles. The van der Waals surface area contributed by atoms with Gasteiger partial charge in [-0.15, -0.1) is 0 Å². The average Bonchev–Trinajstić information content (AvgIpc) is 2.19. The zero-order valence-electron chi connectivity index (χ0n) is 8.43. The lowest BCUT2D eigenvalue weighted by molar-refractivity contribution is 0.663. The van der Waals surface area contributed by atoms with E-state index in [9.17, 15) is 9.59 Å². The van der Waals surface area contributed by atoms with Crippen LogP contribution in [0.25, 0.3) is 0 Å². The van der Waals surface area contributed by atoms with Crippen LogP contribution in [0.4, 0.5) is 0 Å². The second-order valence-electron chi connectivity index (χ2n) is 3.33. The van der Waals surface area contributed by atoms with Gasteiger partial charge in [0.1, 0.15) is 4.47 Å². The molecule has 1 rings (SSSR count). The Bertz CT molecular complexity index is 447. The molecule has 0 spiro atoms. The molecule has 1 heterocycles. The number of halogens is 1. The number of rotatable bonds is 2. The van der Waals surface area contributed by atoms with Crippen molar-refractivity contribution in [1.29, 1.82) is 0 Å². The van der Waals surface area contributed by atoms with Crippen LogP contribution < -0.4 is 11.2 Å². The standard InChI is InChI=1S/C9H13BrN2O2/c1-4-5(2)7-6(10)8(13)12(3)9(14)11-7/h5H,4H2,1-3H3,(H,11,14). The molecule has 1 atom stereocenters. The lowest BCUT2D eigenvalue weighted by Gasteiger charge is -2.10. The van der Waals surface area contributed by atoms with Crippen LogP contribution in [-0.4, -0.2) is 9.55 Å². The van der Waals surface area contributed by atoms with Crippen molar-refractivity contribution in [2.45, 2.75) is 26.2 Å². The Kier molecular flexibility index (Phi) is 3.31. The Labute approximate surface area is 90.1 Å². The first-order valence-corrected chi connectivity index (χ1v) is 5.27. The van der Waals surface area contributed by atoms with Crippen molar-refractivity contribution in [2.75, 3.05) is 0 Å². The van der Waals surface area contributed by atoms with Crippen molar-refractivity contribution in [3.8, 4) is 0 Å². The van der Waals surface area contributed by atoms with E-state index < -0.39 is 0 Å². The van der Waals surface area contributed by atoms with Crippen molar-refractivity contribution in [1.82, 2.24) is 9.55 Å². The summed E-state index contributed by atoms with van der Waals surface area (Å²) in [4.78, 5) is 25.5. The van der Waals surface area contributed by atoms with Gasteiger partial charge in [-0.1, -0.05) is 13.8 Å². The van der Waals surface area contributed by atoms with Gasteiger partial charge in [0.15, 0.2) is 0 Å². The highest BCUT2D eigenvalue weighted by atomic mass is 79.9. The second-order valence-corrected chi connectivity index (χ2v) is 4.12. The van der Waals surface area contributed by atoms with Crippen LogP contribution >= 0.6 is 15.9 Å². The Morgan fingerprint density at radius 1 is 1.50 bits per heavy atom. The van der Waals surface area contributed by atoms with E-state index >= 15 is 0 Å². The van der Waals surface area contributed by atoms with E-state index in [1.807, 2.05) is 13.8 Å². The van der Waals surface area contributed by atoms with Crippen LogP contribution in [0.15, 0.2) is 14.1 Å². The number of nitrogens with zero attached hydrogens (tertiary/aromatic N) is 1. The van der Waals surface area contributed by atoms with E-state index in [-0.39, 0.29) is 17.2 Å². The molecule has 0 aromatic carbocycles. The summed E-state index contributed by atoms with van der Waals surface area (Å²) in [5.41, 5.74) is 0.0261. The van der Waals surface area contributed by atoms with Gasteiger partial charge < -0.3 is 4.98 Å². The van der Waals surface area contributed by atoms with Crippen LogP contribution in [0.1, 0.15) is 31.9 Å². The summed E-state index contributed by atoms with van der Waals surface area (Å²) >= 11 is 3.20. The lowest BCUT2D eigenvalue weighted by atomic mass is 10.1. The fourth-order valence-corrected chi connectivity index (χ4v) is 1.91. The highest BCUT2D eigenvalue weighted by molar-refractivity contribution is 9.10. The largest absolute Gasteiger partial charge is 0.328 e. The number of nitrogens with one attached hydrogen (secondary N) is 1. The molecule has 1 aromatic rings. The monoisotopic (exact) mass is 260 g/mol. The van der Waals surface area contributed by atoms with Gasteiger partial charge in [0.2, 0.25) is 0 Å². The van der Waals surface area contributed by atoms with Gasteiger partial charge in [-0.3, -0.25) is 9.36 Å². The van der Waals surface area contributed by atoms with E-state index in [2.05, 4.69) is 20.9 Å². The number of hydrogen-bond donors (Lipinski definition) is 1. The summed E-state index contributed by atoms with van der Waals surface area (Å²) in [6.07, 6.45) is 0.877. The van der Waals surface area contributed by atoms with Gasteiger partial charge >= 0.3 is 5.69 Å². The maximum atomic E-state index is 11.5. The molecule has 1 N–H and O–H groups in total. The minimum Gasteiger partial charge on any atom is -0.310 e. The molecule has 0 aliphatic carbocycles. The maximum absolute atomic E-state index is 11.5. The zero-order chi connectivity index (χ0) is 10.9. The summed E-state index contributed by atoms with van der Waals surface area (Å²) in [5, 5.41) is 0. The maximum Gasteiger partial charge on any atom is 0.328 e. The van der Waals surface area contributed by atoms with Crippen LogP contribution in [0.5, 0.6) is 0 Å². The summed E-state index contributed by atoms with van der Waals surface area (Å²) in [6.45, 7) is 3.97. The first-order valence-electron chi connectivity index (χ1n) is 4.47. The molecule has 1 unspecified atom stereocenters. The summed E-state index contributed by atoms with van der Waals surface area (Å²) in [6, 6.07) is 0. The lowest BCUT2D eigenvalue weighted by Crippen LogP contribution is -2.34. The van der Waals surface area contributed by atoms with Crippen LogP contribution in [0.3, 0.4) is 0 Å². The number of hydrogen-bond acceptors (Lipinski definition) is 2. The second kappa shape index (κ2) is 4.13. The Morgan fingerprint density at radius 3 is 2.57 bits per heavy atom. The summed E-state index contributed by atoms with van der Waals surface area (Å²) in [7, 11) is 1.45. The minimum absolute atomic E-state index is 0.172. The van der Waals surface area contributed by atoms with Crippen molar-refractivity contribution in [3.63, 3.8) is 0 Å². The first kappa shape index (κ1) is 11.2. The molecule has 0 amide bonds. The molecular formula is C9H13BrN2O2. The Hall–Kier alpha value is -0.840. The van der Waals surface area contributed by atoms with Crippen LogP contribution in [-0.2, 0) is 7.05 Å². The van der Waals surface area contributed by atoms with Gasteiger partial charge in [0.25, 0.3) is 5.56 Å². The van der Waals surface area contributed by atoms with Gasteiger partial charge in [-0.05, 0) is 28.3 Å². The van der Waals surface area contributed by atoms with Crippen LogP contribution in [0.2, 0.25) is 0 Å². The topological polar surface area (TPSA) is 54.9 Å². The molecule has 0 radical (unpaired) electrons. The number of H-pyrrole nitrogens is 1. The molecule has 0 aliphatic rings. The Morgan fingerprint density at radius 2 is 2.07 bits per heavy atom. The molecule has 0 bridgehead atoms. The highest BCUT2D eigenvalue weighted by Crippen LogP contribution is 2.20. The summed E-state index contributed by atoms with van der Waals surface area (Å²) in [5.74, 6) is 0.172. The fourth-order valence-electron chi connectivity index (χ4n) is 1.15. The molecule has 4 nitrogen and oxygen atoms in total.